The highest BCUT2D eigenvalue weighted by Crippen LogP contribution is 2.31. The van der Waals surface area contributed by atoms with Gasteiger partial charge in [-0.25, -0.2) is 0 Å². The molecule has 1 atom stereocenters. The van der Waals surface area contributed by atoms with E-state index in [1.54, 1.807) is 0 Å². The Morgan fingerprint density at radius 2 is 1.83 bits per heavy atom. The summed E-state index contributed by atoms with van der Waals surface area (Å²) in [6.45, 7) is 0. The Kier molecular flexibility index (Phi) is 3.35. The van der Waals surface area contributed by atoms with E-state index in [1.165, 1.54) is 30.4 Å². The maximum atomic E-state index is 12.2. The molecule has 2 nitrogen and oxygen atoms in total. The van der Waals surface area contributed by atoms with Crippen LogP contribution in [0.2, 0.25) is 0 Å². The number of carbonyl (C=O) groups is 1. The average Bonchev–Trinajstić information content (AvgIpc) is 2.93. The molecule has 18 heavy (non-hydrogen) atoms. The summed E-state index contributed by atoms with van der Waals surface area (Å²) in [5.41, 5.74) is 2.76. The van der Waals surface area contributed by atoms with Gasteiger partial charge in [0.15, 0.2) is 0 Å². The average molecular weight is 243 g/mol. The van der Waals surface area contributed by atoms with Crippen molar-refractivity contribution in [3.05, 3.63) is 35.4 Å². The van der Waals surface area contributed by atoms with Gasteiger partial charge in [-0.05, 0) is 43.2 Å². The van der Waals surface area contributed by atoms with E-state index in [0.29, 0.717) is 0 Å². The maximum Gasteiger partial charge on any atom is 0.223 e. The first kappa shape index (κ1) is 11.8. The maximum absolute atomic E-state index is 12.2. The Labute approximate surface area is 109 Å². The van der Waals surface area contributed by atoms with Crippen molar-refractivity contribution in [2.75, 3.05) is 0 Å². The van der Waals surface area contributed by atoms with Gasteiger partial charge in [-0.1, -0.05) is 37.1 Å². The molecular formula is C16H21NO. The van der Waals surface area contributed by atoms with Crippen molar-refractivity contribution in [1.29, 1.82) is 0 Å². The molecule has 0 spiro atoms. The molecule has 0 heterocycles. The summed E-state index contributed by atoms with van der Waals surface area (Å²) in [7, 11) is 0. The molecular weight excluding hydrogens is 222 g/mol. The topological polar surface area (TPSA) is 29.1 Å². The first-order valence-corrected chi connectivity index (χ1v) is 7.23. The summed E-state index contributed by atoms with van der Waals surface area (Å²) in [6.07, 6.45) is 8.05. The lowest BCUT2D eigenvalue weighted by molar-refractivity contribution is -0.125. The van der Waals surface area contributed by atoms with E-state index in [-0.39, 0.29) is 17.9 Å². The van der Waals surface area contributed by atoms with Crippen molar-refractivity contribution >= 4 is 5.91 Å². The molecule has 1 aromatic carbocycles. The van der Waals surface area contributed by atoms with Crippen molar-refractivity contribution in [1.82, 2.24) is 5.32 Å². The van der Waals surface area contributed by atoms with Gasteiger partial charge >= 0.3 is 0 Å². The Bertz CT molecular complexity index is 434. The lowest BCUT2D eigenvalue weighted by atomic mass is 9.87. The lowest BCUT2D eigenvalue weighted by Gasteiger charge is -2.27. The molecule has 3 rings (SSSR count). The Balaban J connectivity index is 1.72. The molecule has 0 unspecified atom stereocenters. The first-order valence-electron chi connectivity index (χ1n) is 7.23. The van der Waals surface area contributed by atoms with Crippen molar-refractivity contribution in [2.24, 2.45) is 5.92 Å². The van der Waals surface area contributed by atoms with Gasteiger partial charge in [-0.2, -0.15) is 0 Å². The molecule has 1 N–H and O–H groups in total. The lowest BCUT2D eigenvalue weighted by Crippen LogP contribution is -2.34. The summed E-state index contributed by atoms with van der Waals surface area (Å²) < 4.78 is 0. The molecule has 0 bridgehead atoms. The number of amides is 1. The smallest absolute Gasteiger partial charge is 0.223 e. The summed E-state index contributed by atoms with van der Waals surface area (Å²) in [4.78, 5) is 12.2. The van der Waals surface area contributed by atoms with E-state index in [0.717, 1.165) is 25.7 Å². The molecule has 96 valence electrons. The molecule has 2 aliphatic carbocycles. The zero-order chi connectivity index (χ0) is 12.4. The van der Waals surface area contributed by atoms with E-state index >= 15 is 0 Å². The van der Waals surface area contributed by atoms with Crippen LogP contribution in [0.1, 0.15) is 55.7 Å². The molecule has 1 saturated carbocycles. The number of rotatable bonds is 2. The molecule has 2 heteroatoms. The van der Waals surface area contributed by atoms with E-state index < -0.39 is 0 Å². The van der Waals surface area contributed by atoms with Gasteiger partial charge in [0, 0.05) is 5.92 Å². The second kappa shape index (κ2) is 5.13. The van der Waals surface area contributed by atoms with Crippen LogP contribution in [0.25, 0.3) is 0 Å². The summed E-state index contributed by atoms with van der Waals surface area (Å²) in [5.74, 6) is 0.563. The van der Waals surface area contributed by atoms with Crippen LogP contribution < -0.4 is 5.32 Å². The zero-order valence-electron chi connectivity index (χ0n) is 10.8. The van der Waals surface area contributed by atoms with Gasteiger partial charge in [0.1, 0.15) is 0 Å². The number of hydrogen-bond acceptors (Lipinski definition) is 1. The minimum Gasteiger partial charge on any atom is -0.349 e. The van der Waals surface area contributed by atoms with Crippen LogP contribution in [0.4, 0.5) is 0 Å². The molecule has 1 fully saturated rings. The van der Waals surface area contributed by atoms with Crippen LogP contribution in [0.5, 0.6) is 0 Å². The molecule has 2 aliphatic rings. The third-order valence-corrected chi connectivity index (χ3v) is 4.41. The van der Waals surface area contributed by atoms with Gasteiger partial charge in [0.25, 0.3) is 0 Å². The number of nitrogens with one attached hydrogen (secondary N) is 1. The molecule has 1 amide bonds. The number of benzene rings is 1. The van der Waals surface area contributed by atoms with E-state index in [9.17, 15) is 4.79 Å². The van der Waals surface area contributed by atoms with Crippen LogP contribution in [-0.2, 0) is 11.2 Å². The Morgan fingerprint density at radius 1 is 1.06 bits per heavy atom. The Morgan fingerprint density at radius 3 is 2.67 bits per heavy atom. The SMILES string of the molecule is O=C(N[C@@H]1CCCc2ccccc21)C1CCCC1. The standard InChI is InChI=1S/C16H21NO/c18-16(13-7-1-2-8-13)17-15-11-5-9-12-6-3-4-10-14(12)15/h3-4,6,10,13,15H,1-2,5,7-9,11H2,(H,17,18)/t15-/m1/s1. The highest BCUT2D eigenvalue weighted by molar-refractivity contribution is 5.79. The van der Waals surface area contributed by atoms with E-state index in [4.69, 9.17) is 0 Å². The second-order valence-corrected chi connectivity index (χ2v) is 5.63. The number of fused-ring (bicyclic) bond motifs is 1. The number of aryl methyl sites for hydroxylation is 1. The monoisotopic (exact) mass is 243 g/mol. The van der Waals surface area contributed by atoms with Crippen LogP contribution in [-0.4, -0.2) is 5.91 Å². The number of carbonyl (C=O) groups excluding carboxylic acids is 1. The van der Waals surface area contributed by atoms with Crippen molar-refractivity contribution < 1.29 is 4.79 Å². The van der Waals surface area contributed by atoms with Crippen LogP contribution in [0.15, 0.2) is 24.3 Å². The van der Waals surface area contributed by atoms with Crippen LogP contribution in [0.3, 0.4) is 0 Å². The van der Waals surface area contributed by atoms with Crippen molar-refractivity contribution in [3.63, 3.8) is 0 Å². The zero-order valence-corrected chi connectivity index (χ0v) is 10.8. The quantitative estimate of drug-likeness (QED) is 0.847. The van der Waals surface area contributed by atoms with E-state index in [2.05, 4.69) is 29.6 Å². The summed E-state index contributed by atoms with van der Waals surface area (Å²) >= 11 is 0. The van der Waals surface area contributed by atoms with Gasteiger partial charge in [-0.15, -0.1) is 0 Å². The van der Waals surface area contributed by atoms with Gasteiger partial charge in [-0.3, -0.25) is 4.79 Å². The van der Waals surface area contributed by atoms with Gasteiger partial charge in [0.2, 0.25) is 5.91 Å². The van der Waals surface area contributed by atoms with Crippen molar-refractivity contribution in [2.45, 2.75) is 51.0 Å². The minimum atomic E-state index is 0.253. The third-order valence-electron chi connectivity index (χ3n) is 4.41. The normalized spacial score (nSPS) is 23.7. The van der Waals surface area contributed by atoms with Gasteiger partial charge < -0.3 is 5.32 Å². The summed E-state index contributed by atoms with van der Waals surface area (Å²) in [5, 5.41) is 3.28. The predicted molar refractivity (Wildman–Crippen MR) is 72.2 cm³/mol. The predicted octanol–water partition coefficient (Wildman–Crippen LogP) is 3.37. The van der Waals surface area contributed by atoms with Crippen LogP contribution >= 0.6 is 0 Å². The first-order chi connectivity index (χ1) is 8.84. The molecule has 0 saturated heterocycles. The van der Waals surface area contributed by atoms with Gasteiger partial charge in [0.05, 0.1) is 6.04 Å². The molecule has 0 aromatic heterocycles. The van der Waals surface area contributed by atoms with Crippen molar-refractivity contribution in [3.8, 4) is 0 Å². The second-order valence-electron chi connectivity index (χ2n) is 5.63. The van der Waals surface area contributed by atoms with Crippen LogP contribution in [0, 0.1) is 5.92 Å². The fraction of sp³-hybridized carbons (Fsp3) is 0.562. The number of hydrogen-bond donors (Lipinski definition) is 1. The Hall–Kier alpha value is -1.31. The fourth-order valence-electron chi connectivity index (χ4n) is 3.38. The highest BCUT2D eigenvalue weighted by atomic mass is 16.1. The fourth-order valence-corrected chi connectivity index (χ4v) is 3.38. The minimum absolute atomic E-state index is 0.253. The molecule has 1 aromatic rings. The molecule has 0 aliphatic heterocycles. The third kappa shape index (κ3) is 2.29. The molecule has 0 radical (unpaired) electrons. The largest absolute Gasteiger partial charge is 0.349 e. The van der Waals surface area contributed by atoms with E-state index in [1.807, 2.05) is 0 Å². The summed E-state index contributed by atoms with van der Waals surface area (Å²) in [6, 6.07) is 8.80. The highest BCUT2D eigenvalue weighted by Gasteiger charge is 2.27.